The molecule has 0 unspecified atom stereocenters. The van der Waals surface area contributed by atoms with E-state index in [4.69, 9.17) is 13.9 Å². The number of aromatic carboxylic acids is 1. The highest BCUT2D eigenvalue weighted by Gasteiger charge is 2.21. The zero-order valence-electron chi connectivity index (χ0n) is 11.4. The fourth-order valence-electron chi connectivity index (χ4n) is 1.95. The summed E-state index contributed by atoms with van der Waals surface area (Å²) in [7, 11) is 0. The summed E-state index contributed by atoms with van der Waals surface area (Å²) in [5, 5.41) is 11.3. The lowest BCUT2D eigenvalue weighted by atomic mass is 10.2. The van der Waals surface area contributed by atoms with E-state index in [2.05, 4.69) is 10.3 Å². The van der Waals surface area contributed by atoms with Gasteiger partial charge in [0.25, 0.3) is 5.91 Å². The van der Waals surface area contributed by atoms with Crippen molar-refractivity contribution < 1.29 is 27.9 Å². The van der Waals surface area contributed by atoms with Gasteiger partial charge in [0.15, 0.2) is 17.8 Å². The Bertz CT molecular complexity index is 870. The minimum Gasteiger partial charge on any atom is -0.478 e. The van der Waals surface area contributed by atoms with Crippen molar-refractivity contribution in [3.05, 3.63) is 60.1 Å². The van der Waals surface area contributed by atoms with Crippen molar-refractivity contribution in [1.82, 2.24) is 4.98 Å². The first-order chi connectivity index (χ1) is 11.1. The normalized spacial score (nSPS) is 10.5. The van der Waals surface area contributed by atoms with Crippen molar-refractivity contribution in [2.24, 2.45) is 0 Å². The van der Waals surface area contributed by atoms with Crippen LogP contribution < -0.4 is 5.32 Å². The van der Waals surface area contributed by atoms with Crippen LogP contribution in [0.25, 0.3) is 11.5 Å². The van der Waals surface area contributed by atoms with Crippen LogP contribution in [0, 0.1) is 5.82 Å². The summed E-state index contributed by atoms with van der Waals surface area (Å²) in [5.74, 6) is -2.52. The van der Waals surface area contributed by atoms with Gasteiger partial charge in [-0.25, -0.2) is 14.2 Å². The number of hydrogen-bond acceptors (Lipinski definition) is 5. The molecule has 0 fully saturated rings. The molecule has 8 heteroatoms. The number of halogens is 1. The predicted octanol–water partition coefficient (Wildman–Crippen LogP) is 3.02. The number of aromatic nitrogens is 1. The van der Waals surface area contributed by atoms with Gasteiger partial charge >= 0.3 is 5.97 Å². The van der Waals surface area contributed by atoms with Gasteiger partial charge in [-0.3, -0.25) is 4.79 Å². The van der Waals surface area contributed by atoms with Crippen LogP contribution in [0.5, 0.6) is 0 Å². The van der Waals surface area contributed by atoms with E-state index >= 15 is 0 Å². The third kappa shape index (κ3) is 2.82. The molecule has 0 atom stereocenters. The van der Waals surface area contributed by atoms with Crippen molar-refractivity contribution in [3.8, 4) is 11.5 Å². The number of rotatable bonds is 4. The molecule has 1 aromatic carbocycles. The van der Waals surface area contributed by atoms with Gasteiger partial charge in [-0.15, -0.1) is 0 Å². The van der Waals surface area contributed by atoms with Gasteiger partial charge in [-0.1, -0.05) is 0 Å². The van der Waals surface area contributed by atoms with Crippen LogP contribution >= 0.6 is 0 Å². The molecule has 0 bridgehead atoms. The summed E-state index contributed by atoms with van der Waals surface area (Å²) in [4.78, 5) is 27.0. The summed E-state index contributed by atoms with van der Waals surface area (Å²) in [6.45, 7) is 0. The Labute approximate surface area is 128 Å². The van der Waals surface area contributed by atoms with E-state index in [1.807, 2.05) is 0 Å². The van der Waals surface area contributed by atoms with Crippen molar-refractivity contribution in [2.45, 2.75) is 0 Å². The van der Waals surface area contributed by atoms with E-state index in [1.54, 1.807) is 12.1 Å². The first-order valence-corrected chi connectivity index (χ1v) is 6.38. The highest BCUT2D eigenvalue weighted by molar-refractivity contribution is 6.06. The summed E-state index contributed by atoms with van der Waals surface area (Å²) >= 11 is 0. The highest BCUT2D eigenvalue weighted by Crippen LogP contribution is 2.24. The van der Waals surface area contributed by atoms with E-state index in [0.717, 1.165) is 18.5 Å². The smallest absolute Gasteiger partial charge is 0.338 e. The number of nitrogens with one attached hydrogen (secondary N) is 1. The molecule has 0 aliphatic carbocycles. The summed E-state index contributed by atoms with van der Waals surface area (Å²) < 4.78 is 23.6. The molecule has 0 aliphatic heterocycles. The molecule has 23 heavy (non-hydrogen) atoms. The number of benzene rings is 1. The molecule has 116 valence electrons. The van der Waals surface area contributed by atoms with E-state index < -0.39 is 23.3 Å². The van der Waals surface area contributed by atoms with Gasteiger partial charge in [-0.2, -0.15) is 0 Å². The Kier molecular flexibility index (Phi) is 3.63. The first-order valence-electron chi connectivity index (χ1n) is 6.38. The molecule has 0 saturated carbocycles. The second kappa shape index (κ2) is 5.76. The topological polar surface area (TPSA) is 106 Å². The van der Waals surface area contributed by atoms with E-state index in [9.17, 15) is 14.0 Å². The number of carbonyl (C=O) groups excluding carboxylic acids is 1. The molecule has 3 rings (SSSR count). The lowest BCUT2D eigenvalue weighted by molar-refractivity contribution is 0.0691. The van der Waals surface area contributed by atoms with Crippen LogP contribution in [-0.4, -0.2) is 22.0 Å². The standard InChI is InChI=1S/C15H9FN2O5/c16-10-4-3-8(6-9(10)15(20)21)18-14(19)12-13(23-7-17-12)11-2-1-5-22-11/h1-7H,(H,18,19)(H,20,21). The van der Waals surface area contributed by atoms with Crippen LogP contribution in [0.1, 0.15) is 20.8 Å². The van der Waals surface area contributed by atoms with Gasteiger partial charge in [0.2, 0.25) is 5.76 Å². The quantitative estimate of drug-likeness (QED) is 0.766. The molecule has 0 aliphatic rings. The van der Waals surface area contributed by atoms with Gasteiger partial charge in [0.05, 0.1) is 11.8 Å². The van der Waals surface area contributed by atoms with Crippen molar-refractivity contribution >= 4 is 17.6 Å². The highest BCUT2D eigenvalue weighted by atomic mass is 19.1. The third-order valence-corrected chi connectivity index (χ3v) is 2.98. The number of amides is 1. The van der Waals surface area contributed by atoms with Crippen LogP contribution in [-0.2, 0) is 0 Å². The molecule has 2 N–H and O–H groups in total. The summed E-state index contributed by atoms with van der Waals surface area (Å²) in [6.07, 6.45) is 2.50. The average Bonchev–Trinajstić information content (AvgIpc) is 3.19. The Hall–Kier alpha value is -3.42. The minimum atomic E-state index is -1.43. The maximum absolute atomic E-state index is 13.3. The first kappa shape index (κ1) is 14.5. The maximum Gasteiger partial charge on any atom is 0.338 e. The number of carbonyl (C=O) groups is 2. The van der Waals surface area contributed by atoms with Crippen LogP contribution in [0.2, 0.25) is 0 Å². The van der Waals surface area contributed by atoms with Gasteiger partial charge < -0.3 is 19.3 Å². The molecule has 3 aromatic rings. The van der Waals surface area contributed by atoms with Gasteiger partial charge in [0.1, 0.15) is 5.82 Å². The molecule has 2 heterocycles. The number of hydrogen-bond donors (Lipinski definition) is 2. The molecule has 2 aromatic heterocycles. The second-order valence-corrected chi connectivity index (χ2v) is 4.46. The molecular weight excluding hydrogens is 307 g/mol. The maximum atomic E-state index is 13.3. The molecule has 7 nitrogen and oxygen atoms in total. The predicted molar refractivity (Wildman–Crippen MR) is 75.5 cm³/mol. The molecule has 0 saturated heterocycles. The zero-order chi connectivity index (χ0) is 16.4. The lowest BCUT2D eigenvalue weighted by Crippen LogP contribution is -2.14. The molecule has 0 radical (unpaired) electrons. The van der Waals surface area contributed by atoms with Gasteiger partial charge in [-0.05, 0) is 30.3 Å². The SMILES string of the molecule is O=C(O)c1cc(NC(=O)c2ncoc2-c2ccco2)ccc1F. The van der Waals surface area contributed by atoms with E-state index in [1.165, 1.54) is 12.3 Å². The van der Waals surface area contributed by atoms with Gasteiger partial charge in [0, 0.05) is 5.69 Å². The fourth-order valence-corrected chi connectivity index (χ4v) is 1.95. The number of nitrogens with zero attached hydrogens (tertiary/aromatic N) is 1. The summed E-state index contributed by atoms with van der Waals surface area (Å²) in [5.41, 5.74) is -0.474. The van der Waals surface area contributed by atoms with Crippen molar-refractivity contribution in [3.63, 3.8) is 0 Å². The Morgan fingerprint density at radius 3 is 2.74 bits per heavy atom. The monoisotopic (exact) mass is 316 g/mol. The number of anilines is 1. The lowest BCUT2D eigenvalue weighted by Gasteiger charge is -2.05. The van der Waals surface area contributed by atoms with Crippen LogP contribution in [0.15, 0.2) is 51.8 Å². The largest absolute Gasteiger partial charge is 0.478 e. The van der Waals surface area contributed by atoms with Crippen LogP contribution in [0.4, 0.5) is 10.1 Å². The summed E-state index contributed by atoms with van der Waals surface area (Å²) in [6, 6.07) is 6.43. The Morgan fingerprint density at radius 2 is 2.04 bits per heavy atom. The molecular formula is C15H9FN2O5. The third-order valence-electron chi connectivity index (χ3n) is 2.98. The van der Waals surface area contributed by atoms with E-state index in [-0.39, 0.29) is 17.1 Å². The van der Waals surface area contributed by atoms with Crippen molar-refractivity contribution in [1.29, 1.82) is 0 Å². The average molecular weight is 316 g/mol. The number of furan rings is 1. The zero-order valence-corrected chi connectivity index (χ0v) is 11.4. The van der Waals surface area contributed by atoms with E-state index in [0.29, 0.717) is 5.76 Å². The van der Waals surface area contributed by atoms with Crippen molar-refractivity contribution in [2.75, 3.05) is 5.32 Å². The second-order valence-electron chi connectivity index (χ2n) is 4.46. The minimum absolute atomic E-state index is 0.0406. The fraction of sp³-hybridized carbons (Fsp3) is 0. The number of carboxylic acids is 1. The Balaban J connectivity index is 1.88. The number of oxazole rings is 1. The molecule has 1 amide bonds. The number of carboxylic acid groups (broad SMARTS) is 1. The van der Waals surface area contributed by atoms with Crippen LogP contribution in [0.3, 0.4) is 0 Å². The Morgan fingerprint density at radius 1 is 1.22 bits per heavy atom. The molecule has 0 spiro atoms.